The van der Waals surface area contributed by atoms with Crippen LogP contribution in [0.4, 0.5) is 0 Å². The van der Waals surface area contributed by atoms with Gasteiger partial charge in [-0.25, -0.2) is 0 Å². The smallest absolute Gasteiger partial charge is 0.342 e. The van der Waals surface area contributed by atoms with Crippen LogP contribution in [0, 0.1) is 0 Å². The van der Waals surface area contributed by atoms with Crippen molar-refractivity contribution in [1.29, 1.82) is 0 Å². The highest BCUT2D eigenvalue weighted by Gasteiger charge is 2.60. The summed E-state index contributed by atoms with van der Waals surface area (Å²) >= 11 is 0. The maximum atomic E-state index is 6.90. The molecule has 1 heterocycles. The van der Waals surface area contributed by atoms with E-state index in [0.717, 1.165) is 6.04 Å². The van der Waals surface area contributed by atoms with Gasteiger partial charge in [0.05, 0.1) is 8.80 Å². The molecule has 1 aliphatic rings. The highest BCUT2D eigenvalue weighted by Crippen LogP contribution is 2.42. The molecule has 0 aliphatic carbocycles. The van der Waals surface area contributed by atoms with Gasteiger partial charge in [-0.05, 0) is 30.8 Å². The summed E-state index contributed by atoms with van der Waals surface area (Å²) in [7, 11) is -9.80. The van der Waals surface area contributed by atoms with Crippen molar-refractivity contribution in [3.8, 4) is 0 Å². The summed E-state index contributed by atoms with van der Waals surface area (Å²) in [4.78, 5) is 1.33. The molecular formula is C16H42O3Si6. The van der Waals surface area contributed by atoms with Gasteiger partial charge in [0.15, 0.2) is 0 Å². The Morgan fingerprint density at radius 1 is 1.00 bits per heavy atom. The van der Waals surface area contributed by atoms with E-state index in [0.29, 0.717) is 5.16 Å². The van der Waals surface area contributed by atoms with Gasteiger partial charge in [0, 0.05) is 16.9 Å². The van der Waals surface area contributed by atoms with Crippen LogP contribution in [0.1, 0.15) is 6.92 Å². The van der Waals surface area contributed by atoms with Crippen LogP contribution < -0.4 is 0 Å². The Hall–Kier alpha value is 0.921. The SMILES string of the molecule is C=C([SiH](C)C)[Si]1(C)O[Si](C)(CC[Si](C)(C)C)O[Si](C)(C(C)[SiH](C)C)O1. The predicted molar refractivity (Wildman–Crippen MR) is 127 cm³/mol. The molecule has 0 N–H and O–H groups in total. The van der Waals surface area contributed by atoms with E-state index >= 15 is 0 Å². The minimum atomic E-state index is -2.38. The van der Waals surface area contributed by atoms with E-state index in [2.05, 4.69) is 79.0 Å². The summed E-state index contributed by atoms with van der Waals surface area (Å²) in [6, 6.07) is 2.40. The molecule has 0 spiro atoms. The first-order chi connectivity index (χ1) is 11.0. The summed E-state index contributed by atoms with van der Waals surface area (Å²) in [6.07, 6.45) is 0. The van der Waals surface area contributed by atoms with Crippen molar-refractivity contribution < 1.29 is 12.3 Å². The van der Waals surface area contributed by atoms with Crippen LogP contribution in [-0.4, -0.2) is 51.4 Å². The molecule has 3 nitrogen and oxygen atoms in total. The average molecular weight is 451 g/mol. The Morgan fingerprint density at radius 2 is 1.52 bits per heavy atom. The normalized spacial score (nSPS) is 35.2. The molecule has 0 aromatic carbocycles. The van der Waals surface area contributed by atoms with Crippen LogP contribution in [0.2, 0.25) is 82.7 Å². The van der Waals surface area contributed by atoms with Crippen LogP contribution in [0.25, 0.3) is 0 Å². The summed E-state index contributed by atoms with van der Waals surface area (Å²) in [6.45, 7) is 30.7. The zero-order valence-corrected chi connectivity index (χ0v) is 24.9. The quantitative estimate of drug-likeness (QED) is 0.502. The van der Waals surface area contributed by atoms with Crippen LogP contribution in [0.3, 0.4) is 0 Å². The lowest BCUT2D eigenvalue weighted by Crippen LogP contribution is -2.71. The van der Waals surface area contributed by atoms with Gasteiger partial charge in [-0.3, -0.25) is 0 Å². The van der Waals surface area contributed by atoms with Crippen LogP contribution in [0.15, 0.2) is 11.4 Å². The fourth-order valence-corrected chi connectivity index (χ4v) is 34.4. The second-order valence-corrected chi connectivity index (χ2v) is 34.2. The van der Waals surface area contributed by atoms with Crippen molar-refractivity contribution in [2.75, 3.05) is 0 Å². The first-order valence-electron chi connectivity index (χ1n) is 9.83. The number of hydrogen-bond donors (Lipinski definition) is 0. The lowest BCUT2D eigenvalue weighted by Gasteiger charge is -2.53. The Bertz CT molecular complexity index is 495. The van der Waals surface area contributed by atoms with E-state index in [9.17, 15) is 0 Å². The molecule has 4 unspecified atom stereocenters. The molecular weight excluding hydrogens is 409 g/mol. The van der Waals surface area contributed by atoms with Gasteiger partial charge >= 0.3 is 25.7 Å². The second kappa shape index (κ2) is 8.11. The van der Waals surface area contributed by atoms with E-state index in [-0.39, 0.29) is 0 Å². The van der Waals surface area contributed by atoms with E-state index in [1.165, 1.54) is 10.9 Å². The molecule has 0 amide bonds. The number of hydrogen-bond acceptors (Lipinski definition) is 3. The van der Waals surface area contributed by atoms with Gasteiger partial charge < -0.3 is 12.3 Å². The molecule has 0 radical (unpaired) electrons. The molecule has 4 atom stereocenters. The third-order valence-corrected chi connectivity index (χ3v) is 32.2. The Labute approximate surface area is 164 Å². The van der Waals surface area contributed by atoms with Gasteiger partial charge in [0.2, 0.25) is 0 Å². The molecule has 1 rings (SSSR count). The summed E-state index contributed by atoms with van der Waals surface area (Å²) < 4.78 is 20.6. The third-order valence-electron chi connectivity index (χ3n) is 5.66. The van der Waals surface area contributed by atoms with Crippen molar-refractivity contribution in [3.63, 3.8) is 0 Å². The molecule has 0 aromatic heterocycles. The van der Waals surface area contributed by atoms with Gasteiger partial charge in [0.1, 0.15) is 0 Å². The van der Waals surface area contributed by atoms with Crippen LogP contribution >= 0.6 is 0 Å². The highest BCUT2D eigenvalue weighted by molar-refractivity contribution is 7.04. The second-order valence-electron chi connectivity index (χ2n) is 10.2. The Morgan fingerprint density at radius 3 is 1.92 bits per heavy atom. The Kier molecular flexibility index (Phi) is 7.78. The van der Waals surface area contributed by atoms with E-state index in [1.807, 2.05) is 0 Å². The summed E-state index contributed by atoms with van der Waals surface area (Å²) in [5, 5.41) is 0.601. The lowest BCUT2D eigenvalue weighted by atomic mass is 10.9. The molecule has 25 heavy (non-hydrogen) atoms. The van der Waals surface area contributed by atoms with Gasteiger partial charge in [0.25, 0.3) is 0 Å². The van der Waals surface area contributed by atoms with Crippen molar-refractivity contribution >= 4 is 51.4 Å². The fourth-order valence-electron chi connectivity index (χ4n) is 3.44. The number of rotatable bonds is 7. The fraction of sp³-hybridized carbons (Fsp3) is 0.875. The molecule has 9 heteroatoms. The molecule has 148 valence electrons. The average Bonchev–Trinajstić information content (AvgIpc) is 2.41. The molecule has 1 fully saturated rings. The standard InChI is InChI=1S/C16H42O3Si6/c1-15(20(3)4)24(11)17-23(10,14-13-22(7,8)9)18-25(12,19-24)16(2)21(5)6/h16,20-21H,1,13-14H2,2-12H3. The zero-order valence-electron chi connectivity index (χ0n) is 18.6. The van der Waals surface area contributed by atoms with Crippen molar-refractivity contribution in [3.05, 3.63) is 11.4 Å². The van der Waals surface area contributed by atoms with E-state index in [4.69, 9.17) is 12.3 Å². The maximum Gasteiger partial charge on any atom is 0.342 e. The van der Waals surface area contributed by atoms with Gasteiger partial charge in [-0.2, -0.15) is 0 Å². The first kappa shape index (κ1) is 24.0. The molecule has 0 bridgehead atoms. The minimum Gasteiger partial charge on any atom is -0.416 e. The van der Waals surface area contributed by atoms with Crippen molar-refractivity contribution in [2.24, 2.45) is 0 Å². The van der Waals surface area contributed by atoms with E-state index < -0.39 is 51.4 Å². The molecule has 0 aromatic rings. The monoisotopic (exact) mass is 450 g/mol. The van der Waals surface area contributed by atoms with E-state index in [1.54, 1.807) is 0 Å². The minimum absolute atomic E-state index is 0.601. The topological polar surface area (TPSA) is 27.7 Å². The van der Waals surface area contributed by atoms with Crippen LogP contribution in [0.5, 0.6) is 0 Å². The molecule has 1 saturated heterocycles. The maximum absolute atomic E-state index is 6.90. The van der Waals surface area contributed by atoms with Crippen molar-refractivity contribution in [1.82, 2.24) is 0 Å². The first-order valence-corrected chi connectivity index (χ1v) is 26.6. The highest BCUT2D eigenvalue weighted by atomic mass is 28.5. The lowest BCUT2D eigenvalue weighted by molar-refractivity contribution is 0.229. The predicted octanol–water partition coefficient (Wildman–Crippen LogP) is 5.14. The van der Waals surface area contributed by atoms with Crippen molar-refractivity contribution in [2.45, 2.75) is 89.6 Å². The summed E-state index contributed by atoms with van der Waals surface area (Å²) in [5.74, 6) is 0. The molecule has 1 aliphatic heterocycles. The zero-order chi connectivity index (χ0) is 19.8. The van der Waals surface area contributed by atoms with Gasteiger partial charge in [-0.1, -0.05) is 63.6 Å². The molecule has 0 saturated carbocycles. The largest absolute Gasteiger partial charge is 0.416 e. The Balaban J connectivity index is 3.25. The summed E-state index contributed by atoms with van der Waals surface area (Å²) in [5.41, 5.74) is 0. The third kappa shape index (κ3) is 6.21. The van der Waals surface area contributed by atoms with Gasteiger partial charge in [-0.15, -0.1) is 6.58 Å². The van der Waals surface area contributed by atoms with Crippen LogP contribution in [-0.2, 0) is 12.3 Å².